The van der Waals surface area contributed by atoms with E-state index in [0.29, 0.717) is 13.1 Å². The molecule has 4 atom stereocenters. The van der Waals surface area contributed by atoms with Gasteiger partial charge in [-0.2, -0.15) is 0 Å². The van der Waals surface area contributed by atoms with Gasteiger partial charge in [0.25, 0.3) is 0 Å². The van der Waals surface area contributed by atoms with Crippen molar-refractivity contribution < 1.29 is 14.4 Å². The van der Waals surface area contributed by atoms with Gasteiger partial charge in [-0.1, -0.05) is 18.2 Å². The normalized spacial score (nSPS) is 30.8. The lowest BCUT2D eigenvalue weighted by atomic mass is 9.63. The predicted molar refractivity (Wildman–Crippen MR) is 107 cm³/mol. The van der Waals surface area contributed by atoms with Gasteiger partial charge in [0.1, 0.15) is 5.82 Å². The number of hydrogen-bond acceptors (Lipinski definition) is 5. The number of amides is 3. The number of rotatable bonds is 4. The fourth-order valence-electron chi connectivity index (χ4n) is 5.45. The Morgan fingerprint density at radius 3 is 2.17 bits per heavy atom. The summed E-state index contributed by atoms with van der Waals surface area (Å²) in [6, 6.07) is 5.83. The molecule has 2 aliphatic heterocycles. The first-order valence-corrected chi connectivity index (χ1v) is 10.6. The van der Waals surface area contributed by atoms with E-state index in [1.165, 1.54) is 4.90 Å². The fourth-order valence-corrected chi connectivity index (χ4v) is 5.45. The molecule has 0 radical (unpaired) electrons. The zero-order valence-electron chi connectivity index (χ0n) is 16.4. The van der Waals surface area contributed by atoms with E-state index in [4.69, 9.17) is 0 Å². The number of fused-ring (bicyclic) bond motifs is 1. The van der Waals surface area contributed by atoms with Crippen molar-refractivity contribution in [3.8, 4) is 0 Å². The largest absolute Gasteiger partial charge is 0.353 e. The minimum Gasteiger partial charge on any atom is -0.353 e. The van der Waals surface area contributed by atoms with Crippen LogP contribution in [0.4, 0.5) is 5.82 Å². The molecular weight excluding hydrogens is 368 g/mol. The molecule has 3 fully saturated rings. The Labute approximate surface area is 170 Å². The molecular formula is C22H26N4O3. The van der Waals surface area contributed by atoms with E-state index in [0.717, 1.165) is 31.7 Å². The first-order valence-electron chi connectivity index (χ1n) is 10.6. The summed E-state index contributed by atoms with van der Waals surface area (Å²) in [7, 11) is 0. The second-order valence-electron chi connectivity index (χ2n) is 8.48. The molecule has 3 amide bonds. The lowest BCUT2D eigenvalue weighted by molar-refractivity contribution is -0.141. The van der Waals surface area contributed by atoms with Crippen molar-refractivity contribution in [1.29, 1.82) is 0 Å². The predicted octanol–water partition coefficient (Wildman–Crippen LogP) is 1.32. The minimum atomic E-state index is -0.191. The molecule has 4 unspecified atom stereocenters. The Bertz CT molecular complexity index is 815. The Balaban J connectivity index is 1.16. The monoisotopic (exact) mass is 394 g/mol. The van der Waals surface area contributed by atoms with Gasteiger partial charge < -0.3 is 9.80 Å². The summed E-state index contributed by atoms with van der Waals surface area (Å²) >= 11 is 0. The van der Waals surface area contributed by atoms with Gasteiger partial charge in [0.15, 0.2) is 0 Å². The maximum Gasteiger partial charge on any atom is 0.233 e. The second kappa shape index (κ2) is 7.28. The van der Waals surface area contributed by atoms with Crippen molar-refractivity contribution in [2.24, 2.45) is 23.7 Å². The number of pyridine rings is 1. The van der Waals surface area contributed by atoms with Crippen LogP contribution in [0.3, 0.4) is 0 Å². The van der Waals surface area contributed by atoms with Crippen LogP contribution in [0.1, 0.15) is 19.3 Å². The first-order chi connectivity index (χ1) is 14.1. The number of aromatic nitrogens is 1. The van der Waals surface area contributed by atoms with E-state index >= 15 is 0 Å². The summed E-state index contributed by atoms with van der Waals surface area (Å²) in [4.78, 5) is 48.2. The number of anilines is 1. The lowest BCUT2D eigenvalue weighted by Gasteiger charge is -2.38. The minimum absolute atomic E-state index is 0.0160. The maximum absolute atomic E-state index is 12.9. The molecule has 0 aromatic carbocycles. The van der Waals surface area contributed by atoms with E-state index in [9.17, 15) is 14.4 Å². The van der Waals surface area contributed by atoms with Crippen molar-refractivity contribution in [3.05, 3.63) is 36.5 Å². The molecule has 6 rings (SSSR count). The quantitative estimate of drug-likeness (QED) is 0.569. The van der Waals surface area contributed by atoms with Gasteiger partial charge in [0.2, 0.25) is 17.7 Å². The number of likely N-dealkylation sites (tertiary alicyclic amines) is 1. The molecule has 3 heterocycles. The van der Waals surface area contributed by atoms with Crippen LogP contribution in [0.15, 0.2) is 36.5 Å². The highest BCUT2D eigenvalue weighted by Gasteiger charge is 2.56. The SMILES string of the molecule is O=C(CCN1C(=O)C2C3C=CC(CC3)C2C1=O)N1CCN(c2ccccn2)CC1. The first kappa shape index (κ1) is 18.3. The standard InChI is InChI=1S/C22H26N4O3/c27-18(25-13-11-24(12-14-25)17-3-1-2-9-23-17)8-10-26-21(28)19-15-4-5-16(7-6-15)20(19)22(26)29/h1-5,9,15-16,19-20H,6-8,10-14H2. The van der Waals surface area contributed by atoms with E-state index in [1.54, 1.807) is 6.20 Å². The number of carbonyl (C=O) groups is 3. The van der Waals surface area contributed by atoms with E-state index < -0.39 is 0 Å². The molecule has 0 N–H and O–H groups in total. The maximum atomic E-state index is 12.9. The molecule has 3 aliphatic carbocycles. The van der Waals surface area contributed by atoms with Gasteiger partial charge in [0.05, 0.1) is 11.8 Å². The third-order valence-corrected chi connectivity index (χ3v) is 7.01. The number of imide groups is 1. The molecule has 1 saturated carbocycles. The Morgan fingerprint density at radius 1 is 0.966 bits per heavy atom. The van der Waals surface area contributed by atoms with E-state index in [-0.39, 0.29) is 54.4 Å². The van der Waals surface area contributed by atoms with Gasteiger partial charge in [-0.15, -0.1) is 0 Å². The third-order valence-electron chi connectivity index (χ3n) is 7.01. The van der Waals surface area contributed by atoms with Crippen LogP contribution in [0.2, 0.25) is 0 Å². The average molecular weight is 394 g/mol. The third kappa shape index (κ3) is 3.12. The Morgan fingerprint density at radius 2 is 1.62 bits per heavy atom. The number of hydrogen-bond donors (Lipinski definition) is 0. The van der Waals surface area contributed by atoms with Crippen molar-refractivity contribution >= 4 is 23.5 Å². The van der Waals surface area contributed by atoms with Crippen LogP contribution in [-0.2, 0) is 14.4 Å². The highest BCUT2D eigenvalue weighted by molar-refractivity contribution is 6.06. The highest BCUT2D eigenvalue weighted by atomic mass is 16.2. The number of allylic oxidation sites excluding steroid dienone is 2. The van der Waals surface area contributed by atoms with Gasteiger partial charge in [-0.3, -0.25) is 19.3 Å². The molecule has 2 bridgehead atoms. The smallest absolute Gasteiger partial charge is 0.233 e. The molecule has 152 valence electrons. The molecule has 1 aromatic rings. The summed E-state index contributed by atoms with van der Waals surface area (Å²) in [5.74, 6) is 0.828. The number of carbonyl (C=O) groups excluding carboxylic acids is 3. The number of nitrogens with zero attached hydrogens (tertiary/aromatic N) is 4. The Kier molecular flexibility index (Phi) is 4.60. The van der Waals surface area contributed by atoms with Crippen molar-refractivity contribution in [3.63, 3.8) is 0 Å². The summed E-state index contributed by atoms with van der Waals surface area (Å²) in [6.45, 7) is 2.96. The van der Waals surface area contributed by atoms with Gasteiger partial charge in [-0.25, -0.2) is 4.98 Å². The zero-order valence-corrected chi connectivity index (χ0v) is 16.4. The van der Waals surface area contributed by atoms with Crippen LogP contribution in [0.5, 0.6) is 0 Å². The van der Waals surface area contributed by atoms with E-state index in [1.807, 2.05) is 23.1 Å². The molecule has 7 heteroatoms. The summed E-state index contributed by atoms with van der Waals surface area (Å²) < 4.78 is 0. The summed E-state index contributed by atoms with van der Waals surface area (Å²) in [6.07, 6.45) is 8.22. The van der Waals surface area contributed by atoms with Crippen molar-refractivity contribution in [2.45, 2.75) is 19.3 Å². The summed E-state index contributed by atoms with van der Waals surface area (Å²) in [5.41, 5.74) is 0. The van der Waals surface area contributed by atoms with Crippen LogP contribution in [0, 0.1) is 23.7 Å². The molecule has 29 heavy (non-hydrogen) atoms. The summed E-state index contributed by atoms with van der Waals surface area (Å²) in [5, 5.41) is 0. The molecule has 1 aromatic heterocycles. The van der Waals surface area contributed by atoms with E-state index in [2.05, 4.69) is 22.0 Å². The molecule has 2 saturated heterocycles. The van der Waals surface area contributed by atoms with Crippen LogP contribution < -0.4 is 4.90 Å². The molecule has 0 spiro atoms. The van der Waals surface area contributed by atoms with Gasteiger partial charge >= 0.3 is 0 Å². The molecule has 7 nitrogen and oxygen atoms in total. The van der Waals surface area contributed by atoms with Crippen molar-refractivity contribution in [2.75, 3.05) is 37.6 Å². The zero-order chi connectivity index (χ0) is 20.0. The Hall–Kier alpha value is -2.70. The van der Waals surface area contributed by atoms with Crippen LogP contribution in [0.25, 0.3) is 0 Å². The van der Waals surface area contributed by atoms with Crippen molar-refractivity contribution in [1.82, 2.24) is 14.8 Å². The lowest BCUT2D eigenvalue weighted by Crippen LogP contribution is -2.49. The van der Waals surface area contributed by atoms with Crippen LogP contribution in [-0.4, -0.2) is 65.2 Å². The second-order valence-corrected chi connectivity index (χ2v) is 8.48. The van der Waals surface area contributed by atoms with Crippen LogP contribution >= 0.6 is 0 Å². The molecule has 5 aliphatic rings. The van der Waals surface area contributed by atoms with Gasteiger partial charge in [0, 0.05) is 45.3 Å². The average Bonchev–Trinajstić information content (AvgIpc) is 3.05. The fraction of sp³-hybridized carbons (Fsp3) is 0.545. The highest BCUT2D eigenvalue weighted by Crippen LogP contribution is 2.49. The number of piperazine rings is 1. The topological polar surface area (TPSA) is 73.8 Å². The van der Waals surface area contributed by atoms with Gasteiger partial charge in [-0.05, 0) is 36.8 Å².